The van der Waals surface area contributed by atoms with Gasteiger partial charge in [-0.05, 0) is 102 Å². The molecule has 3 atom stereocenters. The number of fused-ring (bicyclic) bond motifs is 2. The third-order valence-corrected chi connectivity index (χ3v) is 16.3. The highest BCUT2D eigenvalue weighted by atomic mass is 32.2. The molecule has 0 saturated carbocycles. The fourth-order valence-electron chi connectivity index (χ4n) is 10.3. The molecule has 7 N–H and O–H groups in total. The smallest absolute Gasteiger partial charge is 0.325 e. The topological polar surface area (TPSA) is 347 Å². The molecule has 3 aliphatic heterocycles. The van der Waals surface area contributed by atoms with E-state index in [9.17, 15) is 65.7 Å². The van der Waals surface area contributed by atoms with Crippen molar-refractivity contribution in [1.29, 1.82) is 0 Å². The predicted octanol–water partition coefficient (Wildman–Crippen LogP) is 2.18. The number of ether oxygens (including phenoxy) is 1. The largest absolute Gasteiger partial charge is 0.748 e. The second-order valence-electron chi connectivity index (χ2n) is 20.6. The molecule has 2 aromatic carbocycles. The van der Waals surface area contributed by atoms with Crippen LogP contribution in [0.5, 0.6) is 0 Å². The van der Waals surface area contributed by atoms with Gasteiger partial charge in [-0.15, -0.1) is 0 Å². The molecule has 0 bridgehead atoms. The van der Waals surface area contributed by atoms with E-state index in [1.54, 1.807) is 12.1 Å². The highest BCUT2D eigenvalue weighted by Crippen LogP contribution is 2.43. The van der Waals surface area contributed by atoms with Gasteiger partial charge >= 0.3 is 7.60 Å². The lowest BCUT2D eigenvalue weighted by Gasteiger charge is -2.28. The quantitative estimate of drug-likeness (QED) is 0.00898. The van der Waals surface area contributed by atoms with Crippen molar-refractivity contribution in [2.24, 2.45) is 0 Å². The number of nitrogens with zero attached hydrogens (tertiary/aromatic N) is 4. The Hall–Kier alpha value is -7.35. The summed E-state index contributed by atoms with van der Waals surface area (Å²) in [7, 11) is -9.67. The number of unbranched alkanes of at least 4 members (excludes halogenated alkanes) is 2. The van der Waals surface area contributed by atoms with Crippen molar-refractivity contribution in [2.45, 2.75) is 104 Å². The number of carbonyl (C=O) groups excluding carboxylic acids is 8. The Bertz CT molecular complexity index is 3280. The zero-order valence-corrected chi connectivity index (χ0v) is 50.2. The van der Waals surface area contributed by atoms with Crippen molar-refractivity contribution in [3.63, 3.8) is 0 Å². The molecule has 1 aliphatic carbocycles. The molecule has 0 radical (unpaired) electrons. The number of carbonyl (C=O) groups is 8. The van der Waals surface area contributed by atoms with Crippen molar-refractivity contribution in [2.75, 3.05) is 88.9 Å². The minimum atomic E-state index is -5.10. The summed E-state index contributed by atoms with van der Waals surface area (Å²) < 4.78 is 62.3. The maximum absolute atomic E-state index is 14.9. The van der Waals surface area contributed by atoms with Gasteiger partial charge in [0.25, 0.3) is 17.7 Å². The number of benzene rings is 3. The Labute approximate surface area is 494 Å². The van der Waals surface area contributed by atoms with Gasteiger partial charge in [-0.1, -0.05) is 18.2 Å². The number of likely N-dealkylation sites (tertiary alicyclic amines) is 1. The molecular weight excluding hydrogens is 1140 g/mol. The number of hydrogen-bond acceptors (Lipinski definition) is 15. The molecule has 462 valence electrons. The summed E-state index contributed by atoms with van der Waals surface area (Å²) in [4.78, 5) is 128. The number of amides is 8. The second-order valence-corrected chi connectivity index (χ2v) is 23.8. The molecule has 6 rings (SSSR count). The first-order valence-corrected chi connectivity index (χ1v) is 32.2. The van der Waals surface area contributed by atoms with Gasteiger partial charge in [-0.3, -0.25) is 47.8 Å². The molecule has 0 aromatic heterocycles. The van der Waals surface area contributed by atoms with Crippen LogP contribution in [0, 0.1) is 0 Å². The van der Waals surface area contributed by atoms with E-state index >= 15 is 0 Å². The monoisotopic (exact) mass is 1220 g/mol. The van der Waals surface area contributed by atoms with E-state index in [2.05, 4.69) is 63.8 Å². The number of imide groups is 1. The summed E-state index contributed by atoms with van der Waals surface area (Å²) in [6.07, 6.45) is 2.71. The lowest BCUT2D eigenvalue weighted by molar-refractivity contribution is -0.137. The Balaban J connectivity index is 1.02. The van der Waals surface area contributed by atoms with Crippen LogP contribution in [0.4, 0.5) is 5.69 Å². The van der Waals surface area contributed by atoms with Crippen LogP contribution in [0.2, 0.25) is 0 Å². The minimum Gasteiger partial charge on any atom is -0.748 e. The van der Waals surface area contributed by atoms with Gasteiger partial charge < -0.3 is 59.9 Å². The van der Waals surface area contributed by atoms with Gasteiger partial charge in [-0.25, -0.2) is 13.0 Å². The first kappa shape index (κ1) is 66.8. The minimum absolute atomic E-state index is 0.0828. The van der Waals surface area contributed by atoms with Crippen LogP contribution in [0.25, 0.3) is 33.4 Å². The maximum atomic E-state index is 14.9. The molecule has 3 unspecified atom stereocenters. The van der Waals surface area contributed by atoms with Crippen molar-refractivity contribution in [3.8, 4) is 22.5 Å². The maximum Gasteiger partial charge on any atom is 0.325 e. The molecule has 85 heavy (non-hydrogen) atoms. The van der Waals surface area contributed by atoms with Crippen LogP contribution >= 0.6 is 7.60 Å². The number of rotatable bonds is 33. The zero-order chi connectivity index (χ0) is 61.8. The van der Waals surface area contributed by atoms with E-state index in [0.29, 0.717) is 41.7 Å². The van der Waals surface area contributed by atoms with E-state index in [4.69, 9.17) is 9.15 Å². The summed E-state index contributed by atoms with van der Waals surface area (Å²) in [5, 5.41) is 14.4. The summed E-state index contributed by atoms with van der Waals surface area (Å²) in [5.41, 5.74) is 3.95. The summed E-state index contributed by atoms with van der Waals surface area (Å²) in [5.74, 6) is -5.48. The molecule has 4 aliphatic rings. The van der Waals surface area contributed by atoms with Crippen LogP contribution in [0.1, 0.15) is 95.8 Å². The van der Waals surface area contributed by atoms with E-state index in [1.807, 2.05) is 48.5 Å². The highest BCUT2D eigenvalue weighted by molar-refractivity contribution is 7.85. The van der Waals surface area contributed by atoms with E-state index in [0.717, 1.165) is 58.6 Å². The molecule has 27 heteroatoms. The number of anilines is 1. The zero-order valence-electron chi connectivity index (χ0n) is 48.5. The van der Waals surface area contributed by atoms with Crippen molar-refractivity contribution in [3.05, 3.63) is 83.7 Å². The molecule has 2 aromatic rings. The molecular formula is C58H78N9O16PS. The lowest BCUT2D eigenvalue weighted by Crippen LogP contribution is -2.55. The second kappa shape index (κ2) is 31.7. The summed E-state index contributed by atoms with van der Waals surface area (Å²) >= 11 is 0. The lowest BCUT2D eigenvalue weighted by atomic mass is 9.90. The van der Waals surface area contributed by atoms with Crippen LogP contribution in [-0.4, -0.2) is 182 Å². The standard InChI is InChI=1S/C58H78N9O16PS/c1-5-64(6-2)39-21-23-43-48(36-39)83-49-37-40(65(7-3)8-4)22-24-44(49)54(43)41-16-9-10-17-42(41)58(75)66-31-15-18-47(66)57(74)63-46(38-85(79,80)81)56(73)61-29-14-12-20-51(69)62-45(27-35-84(76,77)78)55(72)60-28-13-11-19-50(68)59-30-33-82-34-32-67-52(70)25-26-53(67)71/h9-10,16-17,21-26,36-37,45-47H,5-8,11-15,18-20,27-35,38H2,1-4H3,(H7-,59,60,61,62,63,68,69,72,73,74,76,77,78,79,80,81). The van der Waals surface area contributed by atoms with E-state index in [-0.39, 0.29) is 83.9 Å². The van der Waals surface area contributed by atoms with E-state index < -0.39 is 95.5 Å². The molecule has 1 saturated heterocycles. The first-order valence-electron chi connectivity index (χ1n) is 28.8. The molecule has 8 amide bonds. The average molecular weight is 1220 g/mol. The Morgan fingerprint density at radius 3 is 2.11 bits per heavy atom. The van der Waals surface area contributed by atoms with Gasteiger partial charge in [0.2, 0.25) is 34.9 Å². The Morgan fingerprint density at radius 1 is 0.800 bits per heavy atom. The van der Waals surface area contributed by atoms with Crippen molar-refractivity contribution in [1.82, 2.24) is 41.0 Å². The molecule has 3 heterocycles. The Kier molecular flexibility index (Phi) is 24.9. The van der Waals surface area contributed by atoms with Crippen molar-refractivity contribution >= 4 is 81.6 Å². The predicted molar refractivity (Wildman–Crippen MR) is 316 cm³/mol. The fraction of sp³-hybridized carbons (Fsp3) is 0.500. The van der Waals surface area contributed by atoms with Gasteiger partial charge in [0.05, 0.1) is 47.9 Å². The molecule has 25 nitrogen and oxygen atoms in total. The van der Waals surface area contributed by atoms with Crippen LogP contribution < -0.4 is 41.4 Å². The van der Waals surface area contributed by atoms with Gasteiger partial charge in [-0.2, -0.15) is 0 Å². The third-order valence-electron chi connectivity index (χ3n) is 14.7. The Morgan fingerprint density at radius 2 is 1.46 bits per heavy atom. The number of hydrogen-bond donors (Lipinski definition) is 7. The van der Waals surface area contributed by atoms with Crippen LogP contribution in [0.15, 0.2) is 77.2 Å². The number of nitrogens with one attached hydrogen (secondary N) is 5. The van der Waals surface area contributed by atoms with Gasteiger partial charge in [0.15, 0.2) is 0 Å². The van der Waals surface area contributed by atoms with Crippen LogP contribution in [0.3, 0.4) is 0 Å². The normalized spacial score (nSPS) is 15.0. The fourth-order valence-corrected chi connectivity index (χ4v) is 11.5. The molecule has 1 fully saturated rings. The van der Waals surface area contributed by atoms with Crippen LogP contribution in [-0.2, 0) is 53.0 Å². The SMILES string of the molecule is CCN(CC)c1ccc2c(-c3ccccc3C(=O)N3CCCC3C(=O)NC(CS(=O)(=O)[O-])C(=O)NCCCCC(=O)NC(CCP(=O)(O)O)C(=O)NCCCCC(=O)NCCOCCN3C(=O)C=CC3=O)c3ccc(=[N+](CC)CC)cc-3oc2c1. The average Bonchev–Trinajstić information content (AvgIpc) is 2.50. The van der Waals surface area contributed by atoms with E-state index in [1.165, 1.54) is 17.1 Å². The summed E-state index contributed by atoms with van der Waals surface area (Å²) in [6, 6.07) is 14.8. The van der Waals surface area contributed by atoms with Crippen molar-refractivity contribution < 1.29 is 74.8 Å². The highest BCUT2D eigenvalue weighted by Gasteiger charge is 2.38. The van der Waals surface area contributed by atoms with Gasteiger partial charge in [0, 0.05) is 104 Å². The molecule has 0 spiro atoms. The third kappa shape index (κ3) is 19.3. The summed E-state index contributed by atoms with van der Waals surface area (Å²) in [6.45, 7) is 12.0. The first-order chi connectivity index (χ1) is 40.6. The van der Waals surface area contributed by atoms with Gasteiger partial charge in [0.1, 0.15) is 42.6 Å².